The van der Waals surface area contributed by atoms with E-state index in [9.17, 15) is 8.78 Å². The molecule has 0 aliphatic carbocycles. The van der Waals surface area contributed by atoms with Gasteiger partial charge in [0, 0.05) is 6.54 Å². The second-order valence-electron chi connectivity index (χ2n) is 4.27. The highest BCUT2D eigenvalue weighted by Crippen LogP contribution is 2.27. The van der Waals surface area contributed by atoms with Gasteiger partial charge in [0.25, 0.3) is 6.43 Å². The number of aromatic nitrogens is 2. The zero-order chi connectivity index (χ0) is 13.7. The third kappa shape index (κ3) is 3.90. The molecule has 0 aromatic carbocycles. The molecule has 0 fully saturated rings. The highest BCUT2D eigenvalue weighted by atomic mass is 35.5. The lowest BCUT2D eigenvalue weighted by atomic mass is 10.2. The standard InChI is InChI=1S/C11H19ClF2N4/c1-4-15-9(11(13)14)10-8(12)7-16-18(10)6-5-17(2)3/h7,9,11,15H,4-6H2,1-3H3. The van der Waals surface area contributed by atoms with Gasteiger partial charge in [-0.3, -0.25) is 4.68 Å². The van der Waals surface area contributed by atoms with Crippen molar-refractivity contribution in [3.8, 4) is 0 Å². The number of hydrogen-bond donors (Lipinski definition) is 1. The first-order valence-electron chi connectivity index (χ1n) is 5.84. The molecule has 0 bridgehead atoms. The van der Waals surface area contributed by atoms with Crippen LogP contribution in [0.5, 0.6) is 0 Å². The fraction of sp³-hybridized carbons (Fsp3) is 0.727. The van der Waals surface area contributed by atoms with Gasteiger partial charge in [-0.2, -0.15) is 5.10 Å². The molecule has 1 aromatic heterocycles. The number of halogens is 3. The Bertz CT molecular complexity index is 368. The summed E-state index contributed by atoms with van der Waals surface area (Å²) < 4.78 is 27.6. The average molecular weight is 281 g/mol. The Balaban J connectivity index is 2.93. The molecule has 0 aliphatic rings. The summed E-state index contributed by atoms with van der Waals surface area (Å²) in [4.78, 5) is 1.96. The molecule has 1 unspecified atom stereocenters. The van der Waals surface area contributed by atoms with Crippen molar-refractivity contribution in [2.75, 3.05) is 27.2 Å². The van der Waals surface area contributed by atoms with E-state index in [-0.39, 0.29) is 5.02 Å². The van der Waals surface area contributed by atoms with Crippen LogP contribution in [0.25, 0.3) is 0 Å². The summed E-state index contributed by atoms with van der Waals surface area (Å²) in [7, 11) is 3.83. The van der Waals surface area contributed by atoms with Gasteiger partial charge in [0.15, 0.2) is 0 Å². The van der Waals surface area contributed by atoms with Gasteiger partial charge in [0.1, 0.15) is 6.04 Å². The lowest BCUT2D eigenvalue weighted by Crippen LogP contribution is -2.31. The number of alkyl halides is 2. The van der Waals surface area contributed by atoms with E-state index < -0.39 is 12.5 Å². The molecule has 0 saturated heterocycles. The minimum Gasteiger partial charge on any atom is -0.308 e. The molecule has 1 N–H and O–H groups in total. The van der Waals surface area contributed by atoms with E-state index in [0.717, 1.165) is 0 Å². The van der Waals surface area contributed by atoms with Crippen molar-refractivity contribution in [2.45, 2.75) is 25.9 Å². The van der Waals surface area contributed by atoms with Crippen molar-refractivity contribution in [3.05, 3.63) is 16.9 Å². The lowest BCUT2D eigenvalue weighted by Gasteiger charge is -2.20. The molecule has 1 heterocycles. The first-order chi connectivity index (χ1) is 8.47. The summed E-state index contributed by atoms with van der Waals surface area (Å²) >= 11 is 5.96. The van der Waals surface area contributed by atoms with Crippen LogP contribution in [0.3, 0.4) is 0 Å². The fourth-order valence-electron chi connectivity index (χ4n) is 1.68. The Morgan fingerprint density at radius 2 is 2.17 bits per heavy atom. The number of hydrogen-bond acceptors (Lipinski definition) is 3. The van der Waals surface area contributed by atoms with Crippen LogP contribution in [0.2, 0.25) is 5.02 Å². The maximum atomic E-state index is 13.0. The van der Waals surface area contributed by atoms with E-state index in [1.807, 2.05) is 19.0 Å². The van der Waals surface area contributed by atoms with Crippen molar-refractivity contribution in [3.63, 3.8) is 0 Å². The fourth-order valence-corrected chi connectivity index (χ4v) is 1.94. The topological polar surface area (TPSA) is 33.1 Å². The van der Waals surface area contributed by atoms with Crippen LogP contribution >= 0.6 is 11.6 Å². The highest BCUT2D eigenvalue weighted by molar-refractivity contribution is 6.31. The van der Waals surface area contributed by atoms with Crippen molar-refractivity contribution in [1.82, 2.24) is 20.0 Å². The van der Waals surface area contributed by atoms with Crippen LogP contribution in [0.4, 0.5) is 8.78 Å². The molecular weight excluding hydrogens is 262 g/mol. The summed E-state index contributed by atoms with van der Waals surface area (Å²) in [6, 6.07) is -1.08. The van der Waals surface area contributed by atoms with E-state index in [1.165, 1.54) is 6.20 Å². The van der Waals surface area contributed by atoms with Crippen molar-refractivity contribution < 1.29 is 8.78 Å². The largest absolute Gasteiger partial charge is 0.308 e. The van der Waals surface area contributed by atoms with Gasteiger partial charge in [-0.25, -0.2) is 8.78 Å². The molecule has 18 heavy (non-hydrogen) atoms. The van der Waals surface area contributed by atoms with Crippen molar-refractivity contribution >= 4 is 11.6 Å². The molecular formula is C11H19ClF2N4. The summed E-state index contributed by atoms with van der Waals surface area (Å²) in [5.74, 6) is 0. The Kier molecular flexibility index (Phi) is 5.98. The molecule has 0 saturated carbocycles. The Morgan fingerprint density at radius 1 is 1.50 bits per heavy atom. The van der Waals surface area contributed by atoms with Gasteiger partial charge < -0.3 is 10.2 Å². The number of likely N-dealkylation sites (N-methyl/N-ethyl adjacent to an activating group) is 1. The smallest absolute Gasteiger partial charge is 0.259 e. The molecule has 0 spiro atoms. The monoisotopic (exact) mass is 280 g/mol. The Hall–Kier alpha value is -0.720. The van der Waals surface area contributed by atoms with E-state index in [4.69, 9.17) is 11.6 Å². The van der Waals surface area contributed by atoms with Gasteiger partial charge in [-0.1, -0.05) is 18.5 Å². The molecule has 4 nitrogen and oxygen atoms in total. The number of nitrogens with one attached hydrogen (secondary N) is 1. The van der Waals surface area contributed by atoms with Gasteiger partial charge in [-0.15, -0.1) is 0 Å². The zero-order valence-electron chi connectivity index (χ0n) is 10.8. The van der Waals surface area contributed by atoms with Crippen LogP contribution in [0.1, 0.15) is 18.7 Å². The van der Waals surface area contributed by atoms with Gasteiger partial charge in [0.2, 0.25) is 0 Å². The minimum atomic E-state index is -2.52. The van der Waals surface area contributed by atoms with Crippen LogP contribution < -0.4 is 5.32 Å². The highest BCUT2D eigenvalue weighted by Gasteiger charge is 2.27. The first-order valence-corrected chi connectivity index (χ1v) is 6.22. The molecule has 0 amide bonds. The summed E-state index contributed by atoms with van der Waals surface area (Å²) in [5.41, 5.74) is 0.357. The second-order valence-corrected chi connectivity index (χ2v) is 4.68. The Labute approximate surface area is 111 Å². The number of nitrogens with zero attached hydrogens (tertiary/aromatic N) is 3. The van der Waals surface area contributed by atoms with E-state index in [1.54, 1.807) is 11.6 Å². The summed E-state index contributed by atoms with van der Waals surface area (Å²) in [6.45, 7) is 3.48. The molecule has 7 heteroatoms. The third-order valence-corrected chi connectivity index (χ3v) is 2.85. The van der Waals surface area contributed by atoms with E-state index in [0.29, 0.717) is 25.3 Å². The van der Waals surface area contributed by atoms with Gasteiger partial charge >= 0.3 is 0 Å². The van der Waals surface area contributed by atoms with Crippen molar-refractivity contribution in [1.29, 1.82) is 0 Å². The summed E-state index contributed by atoms with van der Waals surface area (Å²) in [6.07, 6.45) is -1.10. The summed E-state index contributed by atoms with van der Waals surface area (Å²) in [5, 5.41) is 7.08. The second kappa shape index (κ2) is 7.01. The van der Waals surface area contributed by atoms with Crippen molar-refractivity contribution in [2.24, 2.45) is 0 Å². The molecule has 104 valence electrons. The third-order valence-electron chi connectivity index (χ3n) is 2.56. The van der Waals surface area contributed by atoms with E-state index >= 15 is 0 Å². The average Bonchev–Trinajstić information content (AvgIpc) is 2.64. The maximum absolute atomic E-state index is 13.0. The minimum absolute atomic E-state index is 0.278. The molecule has 1 aromatic rings. The van der Waals surface area contributed by atoms with Crippen LogP contribution in [-0.4, -0.2) is 48.3 Å². The molecule has 1 rings (SSSR count). The van der Waals surface area contributed by atoms with Crippen LogP contribution in [0.15, 0.2) is 6.20 Å². The predicted molar refractivity (Wildman–Crippen MR) is 68.2 cm³/mol. The first kappa shape index (κ1) is 15.3. The SMILES string of the molecule is CCNC(c1c(Cl)cnn1CCN(C)C)C(F)F. The maximum Gasteiger partial charge on any atom is 0.259 e. The zero-order valence-corrected chi connectivity index (χ0v) is 11.6. The lowest BCUT2D eigenvalue weighted by molar-refractivity contribution is 0.0948. The quantitative estimate of drug-likeness (QED) is 0.829. The predicted octanol–water partition coefficient (Wildman–Crippen LogP) is 2.01. The van der Waals surface area contributed by atoms with Gasteiger partial charge in [0.05, 0.1) is 23.5 Å². The van der Waals surface area contributed by atoms with E-state index in [2.05, 4.69) is 10.4 Å². The van der Waals surface area contributed by atoms with Gasteiger partial charge in [-0.05, 0) is 20.6 Å². The normalized spacial score (nSPS) is 13.6. The van der Waals surface area contributed by atoms with Crippen LogP contribution in [0, 0.1) is 0 Å². The molecule has 0 radical (unpaired) electrons. The molecule has 0 aliphatic heterocycles. The number of rotatable bonds is 7. The molecule has 1 atom stereocenters. The van der Waals surface area contributed by atoms with Crippen LogP contribution in [-0.2, 0) is 6.54 Å². The Morgan fingerprint density at radius 3 is 2.67 bits per heavy atom.